The first-order valence-corrected chi connectivity index (χ1v) is 7.20. The van der Waals surface area contributed by atoms with Crippen molar-refractivity contribution in [3.63, 3.8) is 0 Å². The van der Waals surface area contributed by atoms with Gasteiger partial charge < -0.3 is 9.47 Å². The average Bonchev–Trinajstić information content (AvgIpc) is 3.09. The first-order valence-electron chi connectivity index (χ1n) is 7.20. The molecule has 0 aromatic carbocycles. The van der Waals surface area contributed by atoms with Crippen molar-refractivity contribution >= 4 is 0 Å². The summed E-state index contributed by atoms with van der Waals surface area (Å²) in [4.78, 5) is 0. The van der Waals surface area contributed by atoms with Gasteiger partial charge >= 0.3 is 0 Å². The summed E-state index contributed by atoms with van der Waals surface area (Å²) >= 11 is 0. The van der Waals surface area contributed by atoms with Crippen LogP contribution in [0.4, 0.5) is 0 Å². The lowest BCUT2D eigenvalue weighted by molar-refractivity contribution is 0.0679. The maximum atomic E-state index is 5.75. The maximum absolute atomic E-state index is 5.75. The number of aromatic nitrogens is 2. The summed E-state index contributed by atoms with van der Waals surface area (Å²) in [6.45, 7) is 1.55. The number of nitrogens with zero attached hydrogens (tertiary/aromatic N) is 2. The Kier molecular flexibility index (Phi) is 3.84. The fourth-order valence-electron chi connectivity index (χ4n) is 2.91. The van der Waals surface area contributed by atoms with E-state index in [1.165, 1.54) is 32.1 Å². The van der Waals surface area contributed by atoms with E-state index in [4.69, 9.17) is 9.47 Å². The monoisotopic (exact) mass is 250 g/mol. The minimum absolute atomic E-state index is 0.281. The Morgan fingerprint density at radius 2 is 2.11 bits per heavy atom. The van der Waals surface area contributed by atoms with Crippen molar-refractivity contribution in [1.29, 1.82) is 0 Å². The van der Waals surface area contributed by atoms with Crippen molar-refractivity contribution in [1.82, 2.24) is 9.78 Å². The smallest absolute Gasteiger partial charge is 0.157 e. The van der Waals surface area contributed by atoms with Crippen molar-refractivity contribution in [2.45, 2.75) is 57.1 Å². The lowest BCUT2D eigenvalue weighted by atomic mass is 9.96. The number of hydrogen-bond donors (Lipinski definition) is 0. The molecule has 1 saturated carbocycles. The maximum Gasteiger partial charge on any atom is 0.157 e. The molecule has 0 spiro atoms. The third-order valence-electron chi connectivity index (χ3n) is 3.99. The molecule has 0 bridgehead atoms. The van der Waals surface area contributed by atoms with Crippen LogP contribution in [-0.2, 0) is 4.74 Å². The Balaban J connectivity index is 1.52. The molecule has 0 N–H and O–H groups in total. The topological polar surface area (TPSA) is 36.3 Å². The standard InChI is InChI=1S/C14H22N2O2/c1-2-5-12(6-3-1)16-10-14(9-15-16)18-11-13-7-4-8-17-13/h9-10,12-13H,1-8,11H2. The van der Waals surface area contributed by atoms with Crippen LogP contribution in [0.25, 0.3) is 0 Å². The molecule has 3 rings (SSSR count). The molecule has 1 aliphatic heterocycles. The summed E-state index contributed by atoms with van der Waals surface area (Å²) in [7, 11) is 0. The second kappa shape index (κ2) is 5.74. The summed E-state index contributed by atoms with van der Waals surface area (Å²) in [5.41, 5.74) is 0. The van der Waals surface area contributed by atoms with E-state index >= 15 is 0 Å². The molecule has 2 heterocycles. The second-order valence-corrected chi connectivity index (χ2v) is 5.39. The molecule has 1 atom stereocenters. The van der Waals surface area contributed by atoms with Gasteiger partial charge in [0.1, 0.15) is 6.61 Å². The second-order valence-electron chi connectivity index (χ2n) is 5.39. The van der Waals surface area contributed by atoms with E-state index < -0.39 is 0 Å². The van der Waals surface area contributed by atoms with Crippen LogP contribution in [0.15, 0.2) is 12.4 Å². The van der Waals surface area contributed by atoms with Crippen molar-refractivity contribution in [3.05, 3.63) is 12.4 Å². The van der Waals surface area contributed by atoms with Gasteiger partial charge in [0.05, 0.1) is 24.5 Å². The summed E-state index contributed by atoms with van der Waals surface area (Å²) in [6.07, 6.45) is 13.0. The van der Waals surface area contributed by atoms with E-state index in [2.05, 4.69) is 9.78 Å². The molecular formula is C14H22N2O2. The van der Waals surface area contributed by atoms with Gasteiger partial charge in [-0.2, -0.15) is 5.10 Å². The van der Waals surface area contributed by atoms with Crippen LogP contribution in [0.5, 0.6) is 5.75 Å². The highest BCUT2D eigenvalue weighted by Crippen LogP contribution is 2.28. The lowest BCUT2D eigenvalue weighted by Gasteiger charge is -2.21. The van der Waals surface area contributed by atoms with Gasteiger partial charge in [-0.05, 0) is 25.7 Å². The van der Waals surface area contributed by atoms with E-state index in [0.29, 0.717) is 12.6 Å². The van der Waals surface area contributed by atoms with Crippen LogP contribution < -0.4 is 4.74 Å². The summed E-state index contributed by atoms with van der Waals surface area (Å²) < 4.78 is 13.4. The summed E-state index contributed by atoms with van der Waals surface area (Å²) in [6, 6.07) is 0.582. The van der Waals surface area contributed by atoms with Crippen LogP contribution in [0, 0.1) is 0 Å². The van der Waals surface area contributed by atoms with Gasteiger partial charge in [0, 0.05) is 6.61 Å². The van der Waals surface area contributed by atoms with Crippen LogP contribution in [0.3, 0.4) is 0 Å². The van der Waals surface area contributed by atoms with Crippen molar-refractivity contribution < 1.29 is 9.47 Å². The summed E-state index contributed by atoms with van der Waals surface area (Å²) in [5.74, 6) is 0.885. The largest absolute Gasteiger partial charge is 0.488 e. The predicted octanol–water partition coefficient (Wildman–Crippen LogP) is 2.95. The SMILES string of the molecule is c1nn(C2CCCCC2)cc1OCC1CCCO1. The first kappa shape index (κ1) is 12.0. The van der Waals surface area contributed by atoms with E-state index in [-0.39, 0.29) is 6.10 Å². The molecule has 1 aromatic heterocycles. The third-order valence-corrected chi connectivity index (χ3v) is 3.99. The first-order chi connectivity index (χ1) is 8.92. The predicted molar refractivity (Wildman–Crippen MR) is 68.8 cm³/mol. The zero-order valence-electron chi connectivity index (χ0n) is 10.9. The van der Waals surface area contributed by atoms with Crippen LogP contribution in [0.1, 0.15) is 51.0 Å². The number of rotatable bonds is 4. The van der Waals surface area contributed by atoms with E-state index in [9.17, 15) is 0 Å². The molecule has 4 nitrogen and oxygen atoms in total. The van der Waals surface area contributed by atoms with Crippen molar-refractivity contribution in [3.8, 4) is 5.75 Å². The van der Waals surface area contributed by atoms with Crippen LogP contribution in [0.2, 0.25) is 0 Å². The van der Waals surface area contributed by atoms with Crippen LogP contribution in [-0.4, -0.2) is 29.1 Å². The molecule has 1 aromatic rings. The third kappa shape index (κ3) is 2.86. The zero-order valence-corrected chi connectivity index (χ0v) is 10.9. The fraction of sp³-hybridized carbons (Fsp3) is 0.786. The molecule has 2 aliphatic rings. The number of hydrogen-bond acceptors (Lipinski definition) is 3. The highest BCUT2D eigenvalue weighted by atomic mass is 16.5. The van der Waals surface area contributed by atoms with Crippen molar-refractivity contribution in [2.75, 3.05) is 13.2 Å². The Morgan fingerprint density at radius 3 is 2.89 bits per heavy atom. The minimum atomic E-state index is 0.281. The average molecular weight is 250 g/mol. The summed E-state index contributed by atoms with van der Waals surface area (Å²) in [5, 5.41) is 4.44. The quantitative estimate of drug-likeness (QED) is 0.824. The van der Waals surface area contributed by atoms with E-state index in [1.807, 2.05) is 12.4 Å². The molecular weight excluding hydrogens is 228 g/mol. The lowest BCUT2D eigenvalue weighted by Crippen LogP contribution is -2.16. The normalized spacial score (nSPS) is 25.4. The van der Waals surface area contributed by atoms with E-state index in [1.54, 1.807) is 0 Å². The molecule has 4 heteroatoms. The molecule has 1 unspecified atom stereocenters. The van der Waals surface area contributed by atoms with Gasteiger partial charge in [-0.3, -0.25) is 4.68 Å². The van der Waals surface area contributed by atoms with Gasteiger partial charge in [0.2, 0.25) is 0 Å². The van der Waals surface area contributed by atoms with Crippen LogP contribution >= 0.6 is 0 Å². The Hall–Kier alpha value is -1.03. The highest BCUT2D eigenvalue weighted by molar-refractivity contribution is 5.12. The Bertz CT molecular complexity index is 366. The molecule has 1 saturated heterocycles. The number of ether oxygens (including phenoxy) is 2. The van der Waals surface area contributed by atoms with Gasteiger partial charge in [-0.1, -0.05) is 19.3 Å². The highest BCUT2D eigenvalue weighted by Gasteiger charge is 2.18. The zero-order chi connectivity index (χ0) is 12.2. The molecule has 1 aliphatic carbocycles. The Labute approximate surface area is 108 Å². The molecule has 18 heavy (non-hydrogen) atoms. The fourth-order valence-corrected chi connectivity index (χ4v) is 2.91. The Morgan fingerprint density at radius 1 is 1.22 bits per heavy atom. The van der Waals surface area contributed by atoms with Gasteiger partial charge in [0.15, 0.2) is 5.75 Å². The van der Waals surface area contributed by atoms with Gasteiger partial charge in [-0.25, -0.2) is 0 Å². The van der Waals surface area contributed by atoms with Gasteiger partial charge in [-0.15, -0.1) is 0 Å². The van der Waals surface area contributed by atoms with Gasteiger partial charge in [0.25, 0.3) is 0 Å². The minimum Gasteiger partial charge on any atom is -0.488 e. The molecule has 0 radical (unpaired) electrons. The molecule has 0 amide bonds. The van der Waals surface area contributed by atoms with E-state index in [0.717, 1.165) is 25.2 Å². The van der Waals surface area contributed by atoms with Crippen molar-refractivity contribution in [2.24, 2.45) is 0 Å². The molecule has 100 valence electrons. The molecule has 2 fully saturated rings.